The summed E-state index contributed by atoms with van der Waals surface area (Å²) in [7, 11) is 0. The molecule has 1 saturated heterocycles. The van der Waals surface area contributed by atoms with Crippen molar-refractivity contribution in [3.8, 4) is 0 Å². The number of carbonyl (C=O) groups is 2. The van der Waals surface area contributed by atoms with Gasteiger partial charge in [-0.15, -0.1) is 0 Å². The first-order valence-electron chi connectivity index (χ1n) is 11.8. The van der Waals surface area contributed by atoms with Gasteiger partial charge in [-0.05, 0) is 50.8 Å². The van der Waals surface area contributed by atoms with E-state index in [1.54, 1.807) is 0 Å². The Kier molecular flexibility index (Phi) is 12.2. The smallest absolute Gasteiger partial charge is 0.323 e. The number of carbonyl (C=O) groups excluding carboxylic acids is 2. The normalized spacial score (nSPS) is 16.5. The lowest BCUT2D eigenvalue weighted by Crippen LogP contribution is -2.38. The number of rotatable bonds is 15. The van der Waals surface area contributed by atoms with Gasteiger partial charge in [-0.2, -0.15) is 0 Å². The summed E-state index contributed by atoms with van der Waals surface area (Å²) < 4.78 is 10.8. The van der Waals surface area contributed by atoms with Crippen molar-refractivity contribution < 1.29 is 19.1 Å². The zero-order chi connectivity index (χ0) is 21.4. The van der Waals surface area contributed by atoms with E-state index in [0.29, 0.717) is 19.6 Å². The van der Waals surface area contributed by atoms with Crippen LogP contribution in [0.3, 0.4) is 0 Å². The Labute approximate surface area is 182 Å². The predicted octanol–water partition coefficient (Wildman–Crippen LogP) is 5.27. The number of benzene rings is 1. The molecule has 5 heteroatoms. The number of unbranched alkanes of at least 4 members (excludes halogenated alkanes) is 6. The van der Waals surface area contributed by atoms with Crippen LogP contribution >= 0.6 is 0 Å². The highest BCUT2D eigenvalue weighted by Crippen LogP contribution is 2.20. The van der Waals surface area contributed by atoms with Crippen molar-refractivity contribution in [2.75, 3.05) is 19.7 Å². The van der Waals surface area contributed by atoms with Gasteiger partial charge in [0.15, 0.2) is 0 Å². The molecule has 0 bridgehead atoms. The molecular weight excluding hydrogens is 378 g/mol. The maximum Gasteiger partial charge on any atom is 0.323 e. The topological polar surface area (TPSA) is 55.8 Å². The Morgan fingerprint density at radius 1 is 0.967 bits per heavy atom. The predicted molar refractivity (Wildman–Crippen MR) is 119 cm³/mol. The highest BCUT2D eigenvalue weighted by Gasteiger charge is 2.31. The molecule has 0 amide bonds. The molecule has 168 valence electrons. The summed E-state index contributed by atoms with van der Waals surface area (Å²) in [6.07, 6.45) is 11.0. The van der Waals surface area contributed by atoms with Gasteiger partial charge in [0, 0.05) is 6.42 Å². The van der Waals surface area contributed by atoms with Gasteiger partial charge in [-0.3, -0.25) is 14.5 Å². The first-order valence-corrected chi connectivity index (χ1v) is 11.8. The summed E-state index contributed by atoms with van der Waals surface area (Å²) in [5.74, 6) is -0.162. The number of esters is 2. The fourth-order valence-corrected chi connectivity index (χ4v) is 3.91. The van der Waals surface area contributed by atoms with Crippen LogP contribution in [0.5, 0.6) is 0 Å². The van der Waals surface area contributed by atoms with E-state index in [1.807, 2.05) is 30.3 Å². The zero-order valence-corrected chi connectivity index (χ0v) is 18.7. The molecule has 1 unspecified atom stereocenters. The van der Waals surface area contributed by atoms with Crippen LogP contribution in [0, 0.1) is 0 Å². The fourth-order valence-electron chi connectivity index (χ4n) is 3.91. The van der Waals surface area contributed by atoms with Crippen molar-refractivity contribution in [1.82, 2.24) is 4.90 Å². The molecule has 2 rings (SSSR count). The van der Waals surface area contributed by atoms with Crippen molar-refractivity contribution in [1.29, 1.82) is 0 Å². The molecule has 30 heavy (non-hydrogen) atoms. The molecule has 1 aromatic rings. The summed E-state index contributed by atoms with van der Waals surface area (Å²) in [5, 5.41) is 0. The number of hydrogen-bond donors (Lipinski definition) is 0. The monoisotopic (exact) mass is 417 g/mol. The maximum atomic E-state index is 12.3. The molecule has 1 aliphatic heterocycles. The molecule has 0 saturated carbocycles. The van der Waals surface area contributed by atoms with Gasteiger partial charge in [-0.25, -0.2) is 0 Å². The second-order valence-corrected chi connectivity index (χ2v) is 8.23. The maximum absolute atomic E-state index is 12.3. The fraction of sp³-hybridized carbons (Fsp3) is 0.680. The van der Waals surface area contributed by atoms with Crippen LogP contribution in [0.2, 0.25) is 0 Å². The van der Waals surface area contributed by atoms with Crippen LogP contribution in [0.25, 0.3) is 0 Å². The molecule has 1 heterocycles. The van der Waals surface area contributed by atoms with Gasteiger partial charge in [0.1, 0.15) is 12.6 Å². The first kappa shape index (κ1) is 24.4. The van der Waals surface area contributed by atoms with Crippen LogP contribution in [0.15, 0.2) is 30.3 Å². The van der Waals surface area contributed by atoms with Gasteiger partial charge in [0.25, 0.3) is 0 Å². The van der Waals surface area contributed by atoms with Crippen molar-refractivity contribution in [2.24, 2.45) is 0 Å². The summed E-state index contributed by atoms with van der Waals surface area (Å²) in [4.78, 5) is 26.5. The molecule has 0 radical (unpaired) electrons. The summed E-state index contributed by atoms with van der Waals surface area (Å²) in [5.41, 5.74) is 1.02. The Hall–Kier alpha value is -1.88. The van der Waals surface area contributed by atoms with Crippen LogP contribution in [-0.2, 0) is 25.7 Å². The number of nitrogens with zero attached hydrogens (tertiary/aromatic N) is 1. The van der Waals surface area contributed by atoms with E-state index < -0.39 is 0 Å². The van der Waals surface area contributed by atoms with Crippen LogP contribution in [0.4, 0.5) is 0 Å². The highest BCUT2D eigenvalue weighted by atomic mass is 16.5. The minimum atomic E-state index is -0.125. The van der Waals surface area contributed by atoms with Crippen molar-refractivity contribution in [3.05, 3.63) is 35.9 Å². The van der Waals surface area contributed by atoms with E-state index in [2.05, 4.69) is 11.8 Å². The van der Waals surface area contributed by atoms with Gasteiger partial charge >= 0.3 is 11.9 Å². The molecular formula is C25H39NO4. The first-order chi connectivity index (χ1) is 14.7. The van der Waals surface area contributed by atoms with Crippen molar-refractivity contribution >= 4 is 11.9 Å². The Morgan fingerprint density at radius 3 is 2.53 bits per heavy atom. The molecule has 0 aliphatic carbocycles. The Balaban J connectivity index is 1.50. The zero-order valence-electron chi connectivity index (χ0n) is 18.7. The standard InChI is InChI=1S/C25H39NO4/c1-2-3-4-12-20-29-25(28)23-16-13-19-26(23)18-11-6-5-10-17-24(27)30-21-22-14-8-7-9-15-22/h7-9,14-15,23H,2-6,10-13,16-21H2,1H3. The van der Waals surface area contributed by atoms with Crippen LogP contribution in [0.1, 0.15) is 83.1 Å². The third-order valence-electron chi connectivity index (χ3n) is 5.70. The van der Waals surface area contributed by atoms with E-state index in [4.69, 9.17) is 9.47 Å². The minimum Gasteiger partial charge on any atom is -0.465 e. The summed E-state index contributed by atoms with van der Waals surface area (Å²) in [6, 6.07) is 9.71. The van der Waals surface area contributed by atoms with E-state index in [9.17, 15) is 9.59 Å². The average Bonchev–Trinajstić information content (AvgIpc) is 3.24. The largest absolute Gasteiger partial charge is 0.465 e. The molecule has 5 nitrogen and oxygen atoms in total. The lowest BCUT2D eigenvalue weighted by atomic mass is 10.1. The third kappa shape index (κ3) is 9.75. The molecule has 0 aromatic heterocycles. The van der Waals surface area contributed by atoms with Gasteiger partial charge in [0.05, 0.1) is 6.61 Å². The molecule has 0 N–H and O–H groups in total. The third-order valence-corrected chi connectivity index (χ3v) is 5.70. The number of hydrogen-bond acceptors (Lipinski definition) is 5. The van der Waals surface area contributed by atoms with Gasteiger partial charge in [0.2, 0.25) is 0 Å². The van der Waals surface area contributed by atoms with E-state index in [-0.39, 0.29) is 18.0 Å². The second-order valence-electron chi connectivity index (χ2n) is 8.23. The van der Waals surface area contributed by atoms with Gasteiger partial charge in [-0.1, -0.05) is 69.4 Å². The van der Waals surface area contributed by atoms with E-state index in [0.717, 1.165) is 70.0 Å². The lowest BCUT2D eigenvalue weighted by molar-refractivity contribution is -0.149. The quantitative estimate of drug-likeness (QED) is 0.287. The number of ether oxygens (including phenoxy) is 2. The van der Waals surface area contributed by atoms with Crippen LogP contribution in [-0.4, -0.2) is 42.6 Å². The van der Waals surface area contributed by atoms with E-state index >= 15 is 0 Å². The highest BCUT2D eigenvalue weighted by molar-refractivity contribution is 5.76. The summed E-state index contributed by atoms with van der Waals surface area (Å²) >= 11 is 0. The van der Waals surface area contributed by atoms with Crippen molar-refractivity contribution in [2.45, 2.75) is 90.2 Å². The molecule has 1 atom stereocenters. The molecule has 1 fully saturated rings. The minimum absolute atomic E-state index is 0.0369. The average molecular weight is 418 g/mol. The molecule has 1 aliphatic rings. The SMILES string of the molecule is CCCCCCOC(=O)C1CCCN1CCCCCCC(=O)OCc1ccccc1. The lowest BCUT2D eigenvalue weighted by Gasteiger charge is -2.22. The summed E-state index contributed by atoms with van der Waals surface area (Å²) in [6.45, 7) is 5.02. The van der Waals surface area contributed by atoms with Crippen molar-refractivity contribution in [3.63, 3.8) is 0 Å². The molecule has 1 aromatic carbocycles. The Morgan fingerprint density at radius 2 is 1.73 bits per heavy atom. The number of likely N-dealkylation sites (tertiary alicyclic amines) is 1. The molecule has 0 spiro atoms. The van der Waals surface area contributed by atoms with Gasteiger partial charge < -0.3 is 9.47 Å². The second kappa shape index (κ2) is 15.0. The van der Waals surface area contributed by atoms with Crippen LogP contribution < -0.4 is 0 Å². The van der Waals surface area contributed by atoms with E-state index in [1.165, 1.54) is 12.8 Å². The Bertz CT molecular complexity index is 604.